The van der Waals surface area contributed by atoms with Crippen molar-refractivity contribution in [3.05, 3.63) is 53.6 Å². The van der Waals surface area contributed by atoms with Gasteiger partial charge in [-0.1, -0.05) is 25.5 Å². The average molecular weight is 555 g/mol. The van der Waals surface area contributed by atoms with Gasteiger partial charge in [-0.25, -0.2) is 0 Å². The van der Waals surface area contributed by atoms with Crippen molar-refractivity contribution in [2.45, 2.75) is 96.8 Å². The van der Waals surface area contributed by atoms with Crippen LogP contribution in [0.4, 0.5) is 8.78 Å². The van der Waals surface area contributed by atoms with Crippen molar-refractivity contribution in [2.24, 2.45) is 29.6 Å². The van der Waals surface area contributed by atoms with Crippen molar-refractivity contribution in [2.75, 3.05) is 19.8 Å². The van der Waals surface area contributed by atoms with Crippen molar-refractivity contribution in [3.63, 3.8) is 0 Å². The maximum absolute atomic E-state index is 14.4. The summed E-state index contributed by atoms with van der Waals surface area (Å²) in [6.45, 7) is 5.52. The van der Waals surface area contributed by atoms with Gasteiger partial charge in [0.1, 0.15) is 5.75 Å². The van der Waals surface area contributed by atoms with Crippen molar-refractivity contribution in [1.29, 1.82) is 0 Å². The Bertz CT molecular complexity index is 1060. The second kappa shape index (κ2) is 14.0. The molecule has 2 aromatic carbocycles. The van der Waals surface area contributed by atoms with Gasteiger partial charge in [0.2, 0.25) is 11.6 Å². The highest BCUT2D eigenvalue weighted by molar-refractivity contribution is 5.35. The summed E-state index contributed by atoms with van der Waals surface area (Å²) in [6.07, 6.45) is 15.2. The third-order valence-electron chi connectivity index (χ3n) is 10.1. The standard InChI is InChI=1S/C35H48F2O3/c1-3-5-20-39-31-16-14-26(15-17-31)25-8-10-27(11-9-25)29-13-12-28-21-24(6-7-30(28)22-29)23-40-33-19-18-32(38-4-2)34(36)35(33)37/h14-19,24-25,27-30H,3-13,20-23H2,1-2H3. The highest BCUT2D eigenvalue weighted by Gasteiger charge is 2.39. The molecule has 3 fully saturated rings. The number of benzene rings is 2. The van der Waals surface area contributed by atoms with E-state index in [9.17, 15) is 8.78 Å². The third kappa shape index (κ3) is 7.12. The molecule has 40 heavy (non-hydrogen) atoms. The Kier molecular flexibility index (Phi) is 10.3. The fourth-order valence-corrected chi connectivity index (χ4v) is 7.80. The molecule has 0 radical (unpaired) electrons. The molecule has 2 aromatic rings. The van der Waals surface area contributed by atoms with Crippen molar-refractivity contribution < 1.29 is 23.0 Å². The molecule has 0 heterocycles. The van der Waals surface area contributed by atoms with Crippen LogP contribution in [-0.2, 0) is 0 Å². The normalized spacial score (nSPS) is 28.5. The number of ether oxygens (including phenoxy) is 3. The summed E-state index contributed by atoms with van der Waals surface area (Å²) in [4.78, 5) is 0. The first-order chi connectivity index (χ1) is 19.6. The summed E-state index contributed by atoms with van der Waals surface area (Å²) in [5, 5.41) is 0. The Labute approximate surface area is 240 Å². The van der Waals surface area contributed by atoms with Gasteiger partial charge in [-0.3, -0.25) is 0 Å². The van der Waals surface area contributed by atoms with Gasteiger partial charge >= 0.3 is 0 Å². The predicted octanol–water partition coefficient (Wildman–Crippen LogP) is 9.73. The quantitative estimate of drug-likeness (QED) is 0.259. The monoisotopic (exact) mass is 554 g/mol. The Balaban J connectivity index is 1.05. The van der Waals surface area contributed by atoms with Crippen LogP contribution in [0.15, 0.2) is 36.4 Å². The maximum atomic E-state index is 14.4. The van der Waals surface area contributed by atoms with E-state index in [1.54, 1.807) is 6.92 Å². The van der Waals surface area contributed by atoms with Gasteiger partial charge in [-0.15, -0.1) is 0 Å². The topological polar surface area (TPSA) is 27.7 Å². The summed E-state index contributed by atoms with van der Waals surface area (Å²) in [5.41, 5.74) is 1.48. The van der Waals surface area contributed by atoms with Crippen molar-refractivity contribution >= 4 is 0 Å². The highest BCUT2D eigenvalue weighted by atomic mass is 19.2. The molecule has 5 heteroatoms. The molecule has 4 unspecified atom stereocenters. The molecule has 0 spiro atoms. The second-order valence-corrected chi connectivity index (χ2v) is 12.6. The molecule has 5 rings (SSSR count). The van der Waals surface area contributed by atoms with E-state index in [1.807, 2.05) is 0 Å². The number of halogens is 2. The predicted molar refractivity (Wildman–Crippen MR) is 156 cm³/mol. The van der Waals surface area contributed by atoms with E-state index in [1.165, 1.54) is 69.1 Å². The van der Waals surface area contributed by atoms with Gasteiger partial charge in [-0.05, 0) is 143 Å². The SMILES string of the molecule is CCCCOc1ccc(C2CCC(C3CCC4CC(COc5ccc(OCC)c(F)c5F)CCC4C3)CC2)cc1. The van der Waals surface area contributed by atoms with Crippen LogP contribution in [0.5, 0.6) is 17.2 Å². The van der Waals surface area contributed by atoms with Gasteiger partial charge in [0, 0.05) is 0 Å². The van der Waals surface area contributed by atoms with E-state index in [0.29, 0.717) is 25.0 Å². The van der Waals surface area contributed by atoms with Gasteiger partial charge in [-0.2, -0.15) is 8.78 Å². The molecule has 3 saturated carbocycles. The lowest BCUT2D eigenvalue weighted by atomic mass is 9.61. The molecular formula is C35H48F2O3. The summed E-state index contributed by atoms with van der Waals surface area (Å²) in [5.74, 6) is 3.51. The zero-order chi connectivity index (χ0) is 27.9. The first-order valence-corrected chi connectivity index (χ1v) is 16.0. The number of hydrogen-bond acceptors (Lipinski definition) is 3. The van der Waals surface area contributed by atoms with Gasteiger partial charge < -0.3 is 14.2 Å². The minimum atomic E-state index is -0.958. The largest absolute Gasteiger partial charge is 0.494 e. The summed E-state index contributed by atoms with van der Waals surface area (Å²) < 4.78 is 45.4. The fraction of sp³-hybridized carbons (Fsp3) is 0.657. The maximum Gasteiger partial charge on any atom is 0.204 e. The van der Waals surface area contributed by atoms with Crippen LogP contribution < -0.4 is 14.2 Å². The molecule has 220 valence electrons. The molecule has 4 atom stereocenters. The van der Waals surface area contributed by atoms with Crippen LogP contribution in [0.25, 0.3) is 0 Å². The number of rotatable bonds is 11. The number of hydrogen-bond donors (Lipinski definition) is 0. The molecule has 0 N–H and O–H groups in total. The molecule has 0 saturated heterocycles. The molecule has 3 aliphatic carbocycles. The lowest BCUT2D eigenvalue weighted by Gasteiger charge is -2.45. The zero-order valence-corrected chi connectivity index (χ0v) is 24.5. The molecule has 0 aromatic heterocycles. The van der Waals surface area contributed by atoms with Gasteiger partial charge in [0.25, 0.3) is 0 Å². The summed E-state index contributed by atoms with van der Waals surface area (Å²) in [7, 11) is 0. The number of fused-ring (bicyclic) bond motifs is 1. The Morgan fingerprint density at radius 3 is 1.93 bits per heavy atom. The van der Waals surface area contributed by atoms with Crippen LogP contribution >= 0.6 is 0 Å². The minimum Gasteiger partial charge on any atom is -0.494 e. The lowest BCUT2D eigenvalue weighted by molar-refractivity contribution is 0.0508. The molecule has 0 bridgehead atoms. The van der Waals surface area contributed by atoms with Gasteiger partial charge in [0.05, 0.1) is 19.8 Å². The summed E-state index contributed by atoms with van der Waals surface area (Å²) in [6, 6.07) is 11.9. The molecule has 3 nitrogen and oxygen atoms in total. The Morgan fingerprint density at radius 1 is 0.650 bits per heavy atom. The number of unbranched alkanes of at least 4 members (excludes halogenated alkanes) is 1. The first-order valence-electron chi connectivity index (χ1n) is 16.0. The van der Waals surface area contributed by atoms with Crippen molar-refractivity contribution in [1.82, 2.24) is 0 Å². The highest BCUT2D eigenvalue weighted by Crippen LogP contribution is 2.50. The van der Waals surface area contributed by atoms with E-state index in [2.05, 4.69) is 31.2 Å². The van der Waals surface area contributed by atoms with Crippen molar-refractivity contribution in [3.8, 4) is 17.2 Å². The lowest BCUT2D eigenvalue weighted by Crippen LogP contribution is -2.35. The smallest absolute Gasteiger partial charge is 0.204 e. The van der Waals surface area contributed by atoms with E-state index in [4.69, 9.17) is 14.2 Å². The minimum absolute atomic E-state index is 0.00126. The van der Waals surface area contributed by atoms with E-state index in [-0.39, 0.29) is 11.5 Å². The molecular weight excluding hydrogens is 506 g/mol. The fourth-order valence-electron chi connectivity index (χ4n) is 7.80. The Morgan fingerprint density at radius 2 is 1.25 bits per heavy atom. The average Bonchev–Trinajstić information content (AvgIpc) is 2.99. The second-order valence-electron chi connectivity index (χ2n) is 12.6. The van der Waals surface area contributed by atoms with Crippen LogP contribution in [-0.4, -0.2) is 19.8 Å². The van der Waals surface area contributed by atoms with E-state index >= 15 is 0 Å². The van der Waals surface area contributed by atoms with E-state index < -0.39 is 11.6 Å². The third-order valence-corrected chi connectivity index (χ3v) is 10.1. The molecule has 3 aliphatic rings. The Hall–Kier alpha value is -2.30. The van der Waals surface area contributed by atoms with Gasteiger partial charge in [0.15, 0.2) is 11.5 Å². The van der Waals surface area contributed by atoms with Crippen LogP contribution in [0.2, 0.25) is 0 Å². The summed E-state index contributed by atoms with van der Waals surface area (Å²) >= 11 is 0. The van der Waals surface area contributed by atoms with Crippen LogP contribution in [0.1, 0.15) is 102 Å². The van der Waals surface area contributed by atoms with Crippen LogP contribution in [0, 0.1) is 41.2 Å². The first kappa shape index (κ1) is 29.2. The molecule has 0 amide bonds. The van der Waals surface area contributed by atoms with E-state index in [0.717, 1.165) is 61.7 Å². The molecule has 0 aliphatic heterocycles. The van der Waals surface area contributed by atoms with Crippen LogP contribution in [0.3, 0.4) is 0 Å². The zero-order valence-electron chi connectivity index (χ0n) is 24.5.